The van der Waals surface area contributed by atoms with Gasteiger partial charge in [-0.3, -0.25) is 19.4 Å². The van der Waals surface area contributed by atoms with Crippen molar-refractivity contribution in [2.45, 2.75) is 57.5 Å². The number of nitrogens with zero attached hydrogens (tertiary/aromatic N) is 6. The summed E-state index contributed by atoms with van der Waals surface area (Å²) in [6.07, 6.45) is 4.79. The van der Waals surface area contributed by atoms with E-state index < -0.39 is 5.69 Å². The molecule has 45 heavy (non-hydrogen) atoms. The number of fused-ring (bicyclic) bond motifs is 3. The molecule has 7 rings (SSSR count). The first kappa shape index (κ1) is 29.2. The number of H-pyrrole nitrogens is 1. The minimum absolute atomic E-state index is 0.0211. The standard InChI is InChI=1S/C34H34FN7O2S/c1-7-26(43)40-14-20(6)41-21(15-40)16-45-32-28-25(12-22(29(32)35)27-18(4)8-9-24-23(27)13-37-39-24)42(34(44)38-33(28)41)31-19(5)10-11-36-30(31)17(2)3/h7-13,17,20-21H,1,14-16H2,2-6H3,(H,37,39). The lowest BCUT2D eigenvalue weighted by Crippen LogP contribution is -2.60. The Balaban J connectivity index is 1.60. The summed E-state index contributed by atoms with van der Waals surface area (Å²) in [5.41, 5.74) is 5.21. The van der Waals surface area contributed by atoms with Gasteiger partial charge in [-0.25, -0.2) is 9.18 Å². The van der Waals surface area contributed by atoms with Crippen LogP contribution >= 0.6 is 11.8 Å². The molecule has 2 atom stereocenters. The Hall–Kier alpha value is -4.51. The third-order valence-corrected chi connectivity index (χ3v) is 10.2. The highest BCUT2D eigenvalue weighted by molar-refractivity contribution is 7.99. The first-order valence-corrected chi connectivity index (χ1v) is 16.1. The lowest BCUT2D eigenvalue weighted by atomic mass is 9.95. The van der Waals surface area contributed by atoms with Gasteiger partial charge in [-0.05, 0) is 67.7 Å². The molecule has 0 spiro atoms. The molecule has 5 heterocycles. The second kappa shape index (κ2) is 10.8. The summed E-state index contributed by atoms with van der Waals surface area (Å²) >= 11 is 1.41. The van der Waals surface area contributed by atoms with Gasteiger partial charge in [0.2, 0.25) is 5.91 Å². The predicted molar refractivity (Wildman–Crippen MR) is 177 cm³/mol. The molecule has 3 aromatic heterocycles. The van der Waals surface area contributed by atoms with Crippen molar-refractivity contribution in [3.05, 3.63) is 82.4 Å². The molecular weight excluding hydrogens is 589 g/mol. The van der Waals surface area contributed by atoms with E-state index in [-0.39, 0.29) is 29.7 Å². The maximum Gasteiger partial charge on any atom is 0.354 e. The van der Waals surface area contributed by atoms with Crippen LogP contribution in [0.15, 0.2) is 59.0 Å². The van der Waals surface area contributed by atoms with Gasteiger partial charge in [-0.15, -0.1) is 11.8 Å². The van der Waals surface area contributed by atoms with Crippen molar-refractivity contribution in [3.63, 3.8) is 0 Å². The normalized spacial score (nSPS) is 18.0. The lowest BCUT2D eigenvalue weighted by Gasteiger charge is -2.45. The van der Waals surface area contributed by atoms with Crippen LogP contribution in [-0.4, -0.2) is 66.5 Å². The number of carbonyl (C=O) groups excluding carboxylic acids is 1. The zero-order valence-corrected chi connectivity index (χ0v) is 26.7. The summed E-state index contributed by atoms with van der Waals surface area (Å²) in [4.78, 5) is 40.8. The van der Waals surface area contributed by atoms with E-state index in [1.807, 2.05) is 52.8 Å². The molecule has 9 nitrogen and oxygen atoms in total. The number of hydrogen-bond acceptors (Lipinski definition) is 7. The topological polar surface area (TPSA) is 100 Å². The van der Waals surface area contributed by atoms with Crippen LogP contribution in [0.25, 0.3) is 38.6 Å². The number of aromatic amines is 1. The van der Waals surface area contributed by atoms with Crippen molar-refractivity contribution in [3.8, 4) is 16.8 Å². The molecule has 230 valence electrons. The van der Waals surface area contributed by atoms with Crippen molar-refractivity contribution in [2.75, 3.05) is 23.7 Å². The fraction of sp³-hybridized carbons (Fsp3) is 0.324. The van der Waals surface area contributed by atoms with Gasteiger partial charge >= 0.3 is 5.69 Å². The fourth-order valence-corrected chi connectivity index (χ4v) is 8.19. The van der Waals surface area contributed by atoms with E-state index in [4.69, 9.17) is 4.98 Å². The van der Waals surface area contributed by atoms with Crippen molar-refractivity contribution in [2.24, 2.45) is 0 Å². The van der Waals surface area contributed by atoms with E-state index in [0.717, 1.165) is 33.3 Å². The van der Waals surface area contributed by atoms with E-state index in [2.05, 4.69) is 26.7 Å². The first-order valence-electron chi connectivity index (χ1n) is 15.1. The molecule has 0 aliphatic carbocycles. The summed E-state index contributed by atoms with van der Waals surface area (Å²) in [6.45, 7) is 14.5. The maximum atomic E-state index is 17.2. The zero-order chi connectivity index (χ0) is 31.7. The van der Waals surface area contributed by atoms with Gasteiger partial charge in [-0.1, -0.05) is 26.5 Å². The minimum atomic E-state index is -0.459. The van der Waals surface area contributed by atoms with Crippen molar-refractivity contribution >= 4 is 45.3 Å². The van der Waals surface area contributed by atoms with E-state index in [9.17, 15) is 9.59 Å². The van der Waals surface area contributed by atoms with Crippen LogP contribution < -0.4 is 10.6 Å². The molecule has 1 saturated heterocycles. The van der Waals surface area contributed by atoms with Gasteiger partial charge < -0.3 is 9.80 Å². The van der Waals surface area contributed by atoms with Crippen LogP contribution in [0.1, 0.15) is 43.5 Å². The Bertz CT molecular complexity index is 2100. The van der Waals surface area contributed by atoms with Crippen LogP contribution in [0.4, 0.5) is 10.2 Å². The average Bonchev–Trinajstić information content (AvgIpc) is 3.42. The number of rotatable bonds is 4. The monoisotopic (exact) mass is 623 g/mol. The molecular formula is C34H34FN7O2S. The Morgan fingerprint density at radius 2 is 2.00 bits per heavy atom. The van der Waals surface area contributed by atoms with Crippen molar-refractivity contribution in [1.29, 1.82) is 0 Å². The molecule has 11 heteroatoms. The van der Waals surface area contributed by atoms with Crippen LogP contribution in [0.2, 0.25) is 0 Å². The van der Waals surface area contributed by atoms with Crippen LogP contribution in [-0.2, 0) is 4.79 Å². The van der Waals surface area contributed by atoms with Crippen LogP contribution in [0.5, 0.6) is 0 Å². The summed E-state index contributed by atoms with van der Waals surface area (Å²) in [6, 6.07) is 7.22. The number of benzene rings is 2. The number of thioether (sulfide) groups is 1. The van der Waals surface area contributed by atoms with Crippen molar-refractivity contribution < 1.29 is 9.18 Å². The van der Waals surface area contributed by atoms with Crippen LogP contribution in [0, 0.1) is 19.7 Å². The average molecular weight is 624 g/mol. The van der Waals surface area contributed by atoms with E-state index >= 15 is 4.39 Å². The molecule has 2 aliphatic rings. The van der Waals surface area contributed by atoms with Gasteiger partial charge in [0.05, 0.1) is 44.9 Å². The van der Waals surface area contributed by atoms with Gasteiger partial charge in [0.25, 0.3) is 0 Å². The SMILES string of the molecule is C=CC(=O)N1CC(C)N2c3nc(=O)n(-c4c(C)ccnc4C(C)C)c4cc(-c5c(C)ccc6[nH]ncc56)c(F)c(c34)SCC2C1. The number of anilines is 1. The molecule has 1 N–H and O–H groups in total. The van der Waals surface area contributed by atoms with E-state index in [0.29, 0.717) is 51.7 Å². The quantitative estimate of drug-likeness (QED) is 0.249. The minimum Gasteiger partial charge on any atom is -0.346 e. The summed E-state index contributed by atoms with van der Waals surface area (Å²) < 4.78 is 18.8. The molecule has 5 aromatic rings. The number of nitrogens with one attached hydrogen (secondary N) is 1. The molecule has 0 bridgehead atoms. The molecule has 2 aliphatic heterocycles. The zero-order valence-electron chi connectivity index (χ0n) is 25.9. The Kier molecular flexibility index (Phi) is 7.03. The number of hydrogen-bond donors (Lipinski definition) is 1. The molecule has 1 fully saturated rings. The third kappa shape index (κ3) is 4.47. The number of pyridine rings is 1. The number of halogens is 1. The lowest BCUT2D eigenvalue weighted by molar-refractivity contribution is -0.127. The second-order valence-corrected chi connectivity index (χ2v) is 13.3. The van der Waals surface area contributed by atoms with Gasteiger partial charge in [0.15, 0.2) is 0 Å². The van der Waals surface area contributed by atoms with E-state index in [1.165, 1.54) is 17.8 Å². The highest BCUT2D eigenvalue weighted by Gasteiger charge is 2.39. The molecule has 0 radical (unpaired) electrons. The van der Waals surface area contributed by atoms with E-state index in [1.54, 1.807) is 27.9 Å². The Morgan fingerprint density at radius 3 is 2.76 bits per heavy atom. The summed E-state index contributed by atoms with van der Waals surface area (Å²) in [5.74, 6) is 0.463. The Morgan fingerprint density at radius 1 is 1.20 bits per heavy atom. The number of aryl methyl sites for hydroxylation is 2. The summed E-state index contributed by atoms with van der Waals surface area (Å²) in [7, 11) is 0. The number of amides is 1. The largest absolute Gasteiger partial charge is 0.354 e. The van der Waals surface area contributed by atoms with Gasteiger partial charge in [0, 0.05) is 42.0 Å². The predicted octanol–water partition coefficient (Wildman–Crippen LogP) is 5.90. The molecule has 0 saturated carbocycles. The smallest absolute Gasteiger partial charge is 0.346 e. The number of aromatic nitrogens is 5. The van der Waals surface area contributed by atoms with Gasteiger partial charge in [0.1, 0.15) is 11.6 Å². The Labute approximate surface area is 264 Å². The van der Waals surface area contributed by atoms with Gasteiger partial charge in [-0.2, -0.15) is 10.1 Å². The molecule has 1 amide bonds. The van der Waals surface area contributed by atoms with Crippen molar-refractivity contribution in [1.82, 2.24) is 29.6 Å². The highest BCUT2D eigenvalue weighted by atomic mass is 32.2. The summed E-state index contributed by atoms with van der Waals surface area (Å²) in [5, 5.41) is 8.63. The van der Waals surface area contributed by atoms with Crippen LogP contribution in [0.3, 0.4) is 0 Å². The number of piperazine rings is 1. The molecule has 2 unspecified atom stereocenters. The highest BCUT2D eigenvalue weighted by Crippen LogP contribution is 2.46. The maximum absolute atomic E-state index is 17.2. The number of carbonyl (C=O) groups is 1. The fourth-order valence-electron chi connectivity index (χ4n) is 6.99. The third-order valence-electron chi connectivity index (χ3n) is 9.02. The first-order chi connectivity index (χ1) is 21.6. The second-order valence-electron chi connectivity index (χ2n) is 12.3. The molecule has 2 aromatic carbocycles.